The number of methoxy groups -OCH3 is 1. The van der Waals surface area contributed by atoms with Crippen molar-refractivity contribution >= 4 is 61.7 Å². The lowest BCUT2D eigenvalue weighted by atomic mass is 9.95. The number of benzene rings is 4. The summed E-state index contributed by atoms with van der Waals surface area (Å²) in [4.78, 5) is 29.5. The maximum Gasteiger partial charge on any atom is 0.296 e. The van der Waals surface area contributed by atoms with E-state index in [1.54, 1.807) is 42.5 Å². The lowest BCUT2D eigenvalue weighted by molar-refractivity contribution is -0.117. The van der Waals surface area contributed by atoms with E-state index in [0.717, 1.165) is 16.3 Å². The number of carbonyl (C=O) groups excluding carboxylic acids is 2. The second kappa shape index (κ2) is 13.7. The molecule has 0 saturated heterocycles. The van der Waals surface area contributed by atoms with Crippen LogP contribution in [-0.4, -0.2) is 47.3 Å². The molecule has 7 rings (SSSR count). The van der Waals surface area contributed by atoms with Crippen molar-refractivity contribution in [3.63, 3.8) is 0 Å². The van der Waals surface area contributed by atoms with Crippen LogP contribution in [0.3, 0.4) is 0 Å². The number of aromatic nitrogens is 2. The van der Waals surface area contributed by atoms with Crippen LogP contribution in [0.25, 0.3) is 21.7 Å². The first-order chi connectivity index (χ1) is 23.9. The summed E-state index contributed by atoms with van der Waals surface area (Å²) in [5.41, 5.74) is 1.86. The number of ether oxygens (including phenoxy) is 3. The van der Waals surface area contributed by atoms with Gasteiger partial charge in [-0.25, -0.2) is 0 Å². The first kappa shape index (κ1) is 32.2. The van der Waals surface area contributed by atoms with Crippen molar-refractivity contribution < 1.29 is 33.3 Å². The van der Waals surface area contributed by atoms with Crippen LogP contribution in [0.5, 0.6) is 17.2 Å². The van der Waals surface area contributed by atoms with E-state index in [9.17, 15) is 14.7 Å². The fourth-order valence-corrected chi connectivity index (χ4v) is 7.82. The third-order valence-electron chi connectivity index (χ3n) is 8.12. The zero-order chi connectivity index (χ0) is 34.1. The monoisotopic (exact) mass is 693 g/mol. The van der Waals surface area contributed by atoms with Gasteiger partial charge < -0.3 is 23.7 Å². The number of anilines is 1. The van der Waals surface area contributed by atoms with Gasteiger partial charge in [-0.15, -0.1) is 10.2 Å². The predicted molar refractivity (Wildman–Crippen MR) is 189 cm³/mol. The number of nitrogens with zero attached hydrogens (tertiary/aromatic N) is 3. The van der Waals surface area contributed by atoms with Gasteiger partial charge in [0.1, 0.15) is 0 Å². The van der Waals surface area contributed by atoms with E-state index in [1.807, 2.05) is 32.0 Å². The number of aliphatic hydroxyl groups is 1. The summed E-state index contributed by atoms with van der Waals surface area (Å²) >= 11 is 2.70. The summed E-state index contributed by atoms with van der Waals surface area (Å²) in [5.74, 6) is -0.163. The molecule has 0 spiro atoms. The van der Waals surface area contributed by atoms with Gasteiger partial charge in [0.2, 0.25) is 10.9 Å². The first-order valence-corrected chi connectivity index (χ1v) is 17.4. The van der Waals surface area contributed by atoms with Crippen molar-refractivity contribution in [2.45, 2.75) is 30.0 Å². The van der Waals surface area contributed by atoms with Gasteiger partial charge >= 0.3 is 0 Å². The standard InChI is InChI=1S/C37H31N3O7S2/c1-4-45-26-17-16-22(18-28(26)46-5-2)31-30(32(41)29-19-23-12-9-15-27(44-3)34(23)47-29)33(42)35(43)40(31)36-38-39-37(49-36)48-20-24-13-8-11-21-10-6-7-14-25(21)24/h6-19,31,42H,4-5,20H2,1-3H3. The second-order valence-electron chi connectivity index (χ2n) is 11.0. The van der Waals surface area contributed by atoms with E-state index < -0.39 is 23.5 Å². The maximum absolute atomic E-state index is 14.3. The van der Waals surface area contributed by atoms with Crippen molar-refractivity contribution in [2.24, 2.45) is 0 Å². The molecule has 1 N–H and O–H groups in total. The number of hydrogen-bond donors (Lipinski definition) is 1. The Hall–Kier alpha value is -5.33. The van der Waals surface area contributed by atoms with Crippen LogP contribution in [0.1, 0.15) is 41.6 Å². The van der Waals surface area contributed by atoms with Crippen molar-refractivity contribution in [1.29, 1.82) is 0 Å². The zero-order valence-corrected chi connectivity index (χ0v) is 28.5. The Labute approximate surface area is 289 Å². The van der Waals surface area contributed by atoms with Crippen LogP contribution in [0.2, 0.25) is 0 Å². The third-order valence-corrected chi connectivity index (χ3v) is 10.2. The predicted octanol–water partition coefficient (Wildman–Crippen LogP) is 8.32. The number of carbonyl (C=O) groups is 2. The Bertz CT molecular complexity index is 2240. The molecule has 6 aromatic rings. The van der Waals surface area contributed by atoms with Gasteiger partial charge in [0.25, 0.3) is 5.91 Å². The highest BCUT2D eigenvalue weighted by Gasteiger charge is 2.47. The number of furan rings is 1. The molecule has 248 valence electrons. The normalized spacial score (nSPS) is 14.6. The largest absolute Gasteiger partial charge is 0.503 e. The highest BCUT2D eigenvalue weighted by atomic mass is 32.2. The minimum Gasteiger partial charge on any atom is -0.503 e. The van der Waals surface area contributed by atoms with E-state index in [-0.39, 0.29) is 16.5 Å². The van der Waals surface area contributed by atoms with Gasteiger partial charge in [-0.05, 0) is 60.0 Å². The fraction of sp³-hybridized carbons (Fsp3) is 0.189. The molecular weight excluding hydrogens is 663 g/mol. The van der Waals surface area contributed by atoms with Gasteiger partial charge in [-0.2, -0.15) is 0 Å². The average molecular weight is 694 g/mol. The molecule has 4 aromatic carbocycles. The molecule has 1 aliphatic heterocycles. The summed E-state index contributed by atoms with van der Waals surface area (Å²) in [6.07, 6.45) is 0. The fourth-order valence-electron chi connectivity index (χ4n) is 5.95. The summed E-state index contributed by atoms with van der Waals surface area (Å²) < 4.78 is 23.7. The first-order valence-electron chi connectivity index (χ1n) is 15.6. The van der Waals surface area contributed by atoms with E-state index in [0.29, 0.717) is 57.1 Å². The quantitative estimate of drug-likeness (QED) is 0.0760. The molecule has 0 saturated carbocycles. The summed E-state index contributed by atoms with van der Waals surface area (Å²) in [6.45, 7) is 4.49. The second-order valence-corrected chi connectivity index (χ2v) is 13.2. The molecule has 1 unspecified atom stereocenters. The molecule has 1 atom stereocenters. The number of rotatable bonds is 12. The Balaban J connectivity index is 1.27. The molecule has 3 heterocycles. The zero-order valence-electron chi connectivity index (χ0n) is 26.8. The molecule has 1 amide bonds. The van der Waals surface area contributed by atoms with Crippen LogP contribution in [0.4, 0.5) is 5.13 Å². The van der Waals surface area contributed by atoms with Gasteiger partial charge in [0, 0.05) is 11.1 Å². The number of ketones is 1. The molecule has 0 fully saturated rings. The van der Waals surface area contributed by atoms with E-state index in [4.69, 9.17) is 18.6 Å². The number of Topliss-reactive ketones (excluding diaryl/α,β-unsaturated/α-hetero) is 1. The molecule has 0 aliphatic carbocycles. The smallest absolute Gasteiger partial charge is 0.296 e. The van der Waals surface area contributed by atoms with Crippen molar-refractivity contribution in [2.75, 3.05) is 25.2 Å². The van der Waals surface area contributed by atoms with Crippen molar-refractivity contribution in [3.05, 3.63) is 113 Å². The Morgan fingerprint density at radius 1 is 0.918 bits per heavy atom. The number of amides is 1. The molecule has 49 heavy (non-hydrogen) atoms. The topological polar surface area (TPSA) is 124 Å². The van der Waals surface area contributed by atoms with Crippen molar-refractivity contribution in [3.8, 4) is 17.2 Å². The van der Waals surface area contributed by atoms with Gasteiger partial charge in [0.15, 0.2) is 38.7 Å². The van der Waals surface area contributed by atoms with Gasteiger partial charge in [0.05, 0.1) is 31.9 Å². The Morgan fingerprint density at radius 3 is 2.49 bits per heavy atom. The molecule has 12 heteroatoms. The minimum atomic E-state index is -1.08. The van der Waals surface area contributed by atoms with E-state index in [2.05, 4.69) is 34.5 Å². The van der Waals surface area contributed by atoms with Crippen LogP contribution in [0, 0.1) is 0 Å². The number of fused-ring (bicyclic) bond motifs is 2. The summed E-state index contributed by atoms with van der Waals surface area (Å²) in [6, 6.07) is 25.3. The van der Waals surface area contributed by atoms with Crippen LogP contribution in [-0.2, 0) is 10.5 Å². The lowest BCUT2D eigenvalue weighted by Gasteiger charge is -2.24. The Morgan fingerprint density at radius 2 is 1.67 bits per heavy atom. The van der Waals surface area contributed by atoms with Crippen LogP contribution >= 0.6 is 23.1 Å². The SMILES string of the molecule is CCOc1ccc(C2C(C(=O)c3cc4cccc(OC)c4o3)=C(O)C(=O)N2c2nnc(SCc3cccc4ccccc34)s2)cc1OCC. The van der Waals surface area contributed by atoms with E-state index in [1.165, 1.54) is 35.1 Å². The third kappa shape index (κ3) is 5.98. The summed E-state index contributed by atoms with van der Waals surface area (Å²) in [5, 5.41) is 23.3. The molecule has 0 radical (unpaired) electrons. The van der Waals surface area contributed by atoms with Crippen molar-refractivity contribution in [1.82, 2.24) is 10.2 Å². The van der Waals surface area contributed by atoms with Gasteiger partial charge in [-0.3, -0.25) is 14.5 Å². The molecule has 1 aliphatic rings. The number of para-hydroxylation sites is 1. The maximum atomic E-state index is 14.3. The minimum absolute atomic E-state index is 0.0553. The molecule has 10 nitrogen and oxygen atoms in total. The highest BCUT2D eigenvalue weighted by Crippen LogP contribution is 2.46. The highest BCUT2D eigenvalue weighted by molar-refractivity contribution is 8.00. The Kier molecular flexibility index (Phi) is 8.98. The lowest BCUT2D eigenvalue weighted by Crippen LogP contribution is -2.31. The van der Waals surface area contributed by atoms with E-state index >= 15 is 0 Å². The summed E-state index contributed by atoms with van der Waals surface area (Å²) in [7, 11) is 1.51. The van der Waals surface area contributed by atoms with Crippen LogP contribution < -0.4 is 19.1 Å². The number of hydrogen-bond acceptors (Lipinski definition) is 11. The van der Waals surface area contributed by atoms with Crippen LogP contribution in [0.15, 0.2) is 105 Å². The average Bonchev–Trinajstić information content (AvgIpc) is 3.84. The molecule has 0 bridgehead atoms. The number of thioether (sulfide) groups is 1. The molecular formula is C37H31N3O7S2. The van der Waals surface area contributed by atoms with Gasteiger partial charge in [-0.1, -0.05) is 83.8 Å². The number of aliphatic hydroxyl groups excluding tert-OH is 1. The molecule has 2 aromatic heterocycles.